The Labute approximate surface area is 101 Å². The fourth-order valence-electron chi connectivity index (χ4n) is 2.45. The second-order valence-corrected chi connectivity index (χ2v) is 5.14. The molecule has 5 heteroatoms. The van der Waals surface area contributed by atoms with Crippen LogP contribution in [0.25, 0.3) is 0 Å². The number of nitrogens with zero attached hydrogens (tertiary/aromatic N) is 2. The van der Waals surface area contributed by atoms with Gasteiger partial charge >= 0.3 is 0 Å². The maximum Gasteiger partial charge on any atom is 0.242 e. The molecule has 0 unspecified atom stereocenters. The van der Waals surface area contributed by atoms with Crippen LogP contribution in [0.4, 0.5) is 5.69 Å². The molecule has 0 aliphatic heterocycles. The molecule has 0 spiro atoms. The quantitative estimate of drug-likeness (QED) is 0.831. The largest absolute Gasteiger partial charge is 0.396 e. The summed E-state index contributed by atoms with van der Waals surface area (Å²) in [7, 11) is 0. The number of nitrogens with one attached hydrogen (secondary N) is 1. The van der Waals surface area contributed by atoms with Crippen molar-refractivity contribution >= 4 is 11.6 Å². The van der Waals surface area contributed by atoms with Gasteiger partial charge in [0.1, 0.15) is 6.54 Å². The molecule has 0 atom stereocenters. The van der Waals surface area contributed by atoms with Gasteiger partial charge in [0.05, 0.1) is 11.9 Å². The molecule has 2 rings (SSSR count). The van der Waals surface area contributed by atoms with E-state index in [9.17, 15) is 4.79 Å². The first-order chi connectivity index (χ1) is 8.07. The zero-order chi connectivity index (χ0) is 12.3. The zero-order valence-electron chi connectivity index (χ0n) is 10.3. The van der Waals surface area contributed by atoms with E-state index in [4.69, 9.17) is 5.73 Å². The minimum absolute atomic E-state index is 0.0116. The van der Waals surface area contributed by atoms with Crippen LogP contribution < -0.4 is 11.1 Å². The lowest BCUT2D eigenvalue weighted by atomic mass is 9.83. The number of nitrogen functional groups attached to an aromatic ring is 1. The lowest BCUT2D eigenvalue weighted by Crippen LogP contribution is -2.48. The first kappa shape index (κ1) is 12.0. The Morgan fingerprint density at radius 1 is 1.53 bits per heavy atom. The number of rotatable bonds is 3. The highest BCUT2D eigenvalue weighted by atomic mass is 16.2. The molecule has 0 saturated heterocycles. The molecule has 1 aliphatic carbocycles. The maximum atomic E-state index is 11.9. The van der Waals surface area contributed by atoms with Gasteiger partial charge < -0.3 is 11.1 Å². The molecular formula is C12H20N4O. The van der Waals surface area contributed by atoms with E-state index in [0.717, 1.165) is 12.8 Å². The molecule has 1 aromatic rings. The monoisotopic (exact) mass is 236 g/mol. The summed E-state index contributed by atoms with van der Waals surface area (Å²) in [5.41, 5.74) is 6.10. The van der Waals surface area contributed by atoms with Crippen molar-refractivity contribution in [2.45, 2.75) is 51.1 Å². The number of carbonyl (C=O) groups is 1. The van der Waals surface area contributed by atoms with E-state index in [0.29, 0.717) is 5.69 Å². The van der Waals surface area contributed by atoms with Crippen LogP contribution in [0.5, 0.6) is 0 Å². The Morgan fingerprint density at radius 3 is 2.82 bits per heavy atom. The van der Waals surface area contributed by atoms with E-state index in [1.165, 1.54) is 19.3 Å². The summed E-state index contributed by atoms with van der Waals surface area (Å²) in [6.07, 6.45) is 9.04. The van der Waals surface area contributed by atoms with Crippen molar-refractivity contribution in [2.75, 3.05) is 5.73 Å². The number of hydrogen-bond donors (Lipinski definition) is 2. The maximum absolute atomic E-state index is 11.9. The second-order valence-electron chi connectivity index (χ2n) is 5.14. The highest BCUT2D eigenvalue weighted by molar-refractivity contribution is 5.76. The summed E-state index contributed by atoms with van der Waals surface area (Å²) < 4.78 is 1.57. The van der Waals surface area contributed by atoms with Gasteiger partial charge in [-0.1, -0.05) is 19.3 Å². The molecule has 94 valence electrons. The SMILES string of the molecule is CC1(NC(=O)Cn2cc(N)cn2)CCCCC1. The van der Waals surface area contributed by atoms with Crippen LogP contribution in [0.15, 0.2) is 12.4 Å². The van der Waals surface area contributed by atoms with Gasteiger partial charge in [-0.25, -0.2) is 0 Å². The predicted octanol–water partition coefficient (Wildman–Crippen LogP) is 1.30. The van der Waals surface area contributed by atoms with Crippen LogP contribution in [0.2, 0.25) is 0 Å². The van der Waals surface area contributed by atoms with Crippen LogP contribution in [-0.4, -0.2) is 21.2 Å². The molecule has 0 aromatic carbocycles. The van der Waals surface area contributed by atoms with Gasteiger partial charge in [-0.3, -0.25) is 9.48 Å². The number of carbonyl (C=O) groups excluding carboxylic acids is 1. The third-order valence-corrected chi connectivity index (χ3v) is 3.36. The minimum Gasteiger partial charge on any atom is -0.396 e. The van der Waals surface area contributed by atoms with E-state index in [1.807, 2.05) is 0 Å². The summed E-state index contributed by atoms with van der Waals surface area (Å²) in [4.78, 5) is 11.9. The van der Waals surface area contributed by atoms with Gasteiger partial charge in [0.2, 0.25) is 5.91 Å². The van der Waals surface area contributed by atoms with E-state index >= 15 is 0 Å². The van der Waals surface area contributed by atoms with Crippen LogP contribution >= 0.6 is 0 Å². The number of aromatic nitrogens is 2. The van der Waals surface area contributed by atoms with Gasteiger partial charge in [-0.15, -0.1) is 0 Å². The van der Waals surface area contributed by atoms with Crippen LogP contribution in [0.1, 0.15) is 39.0 Å². The van der Waals surface area contributed by atoms with Gasteiger partial charge in [-0.2, -0.15) is 5.10 Å². The second kappa shape index (κ2) is 4.77. The first-order valence-corrected chi connectivity index (χ1v) is 6.16. The Morgan fingerprint density at radius 2 is 2.24 bits per heavy atom. The topological polar surface area (TPSA) is 72.9 Å². The third kappa shape index (κ3) is 3.22. The molecule has 0 bridgehead atoms. The average molecular weight is 236 g/mol. The first-order valence-electron chi connectivity index (χ1n) is 6.16. The van der Waals surface area contributed by atoms with E-state index in [2.05, 4.69) is 17.3 Å². The Hall–Kier alpha value is -1.52. The van der Waals surface area contributed by atoms with Crippen molar-refractivity contribution in [3.8, 4) is 0 Å². The minimum atomic E-state index is -0.0337. The molecule has 1 saturated carbocycles. The van der Waals surface area contributed by atoms with Crippen molar-refractivity contribution in [3.63, 3.8) is 0 Å². The Balaban J connectivity index is 1.88. The summed E-state index contributed by atoms with van der Waals surface area (Å²) >= 11 is 0. The molecule has 1 heterocycles. The number of amides is 1. The summed E-state index contributed by atoms with van der Waals surface area (Å²) in [5, 5.41) is 7.11. The zero-order valence-corrected chi connectivity index (χ0v) is 10.3. The standard InChI is InChI=1S/C12H20N4O/c1-12(5-3-2-4-6-12)15-11(17)9-16-8-10(13)7-14-16/h7-8H,2-6,9,13H2,1H3,(H,15,17). The lowest BCUT2D eigenvalue weighted by molar-refractivity contribution is -0.124. The molecular weight excluding hydrogens is 216 g/mol. The predicted molar refractivity (Wildman–Crippen MR) is 66.3 cm³/mol. The highest BCUT2D eigenvalue weighted by Crippen LogP contribution is 2.27. The van der Waals surface area contributed by atoms with Crippen molar-refractivity contribution in [1.29, 1.82) is 0 Å². The van der Waals surface area contributed by atoms with Crippen molar-refractivity contribution in [2.24, 2.45) is 0 Å². The molecule has 3 N–H and O–H groups in total. The van der Waals surface area contributed by atoms with Gasteiger partial charge in [0.15, 0.2) is 0 Å². The number of anilines is 1. The summed E-state index contributed by atoms with van der Waals surface area (Å²) in [6.45, 7) is 2.37. The summed E-state index contributed by atoms with van der Waals surface area (Å²) in [6, 6.07) is 0. The lowest BCUT2D eigenvalue weighted by Gasteiger charge is -2.34. The number of nitrogens with two attached hydrogens (primary N) is 1. The van der Waals surface area contributed by atoms with E-state index in [1.54, 1.807) is 17.1 Å². The van der Waals surface area contributed by atoms with Crippen molar-refractivity contribution in [1.82, 2.24) is 15.1 Å². The summed E-state index contributed by atoms with van der Waals surface area (Å²) in [5.74, 6) is 0.0116. The highest BCUT2D eigenvalue weighted by Gasteiger charge is 2.28. The third-order valence-electron chi connectivity index (χ3n) is 3.36. The fraction of sp³-hybridized carbons (Fsp3) is 0.667. The Kier molecular flexibility index (Phi) is 3.36. The average Bonchev–Trinajstić information content (AvgIpc) is 2.63. The molecule has 0 radical (unpaired) electrons. The van der Waals surface area contributed by atoms with Crippen LogP contribution in [0, 0.1) is 0 Å². The van der Waals surface area contributed by atoms with Crippen molar-refractivity contribution < 1.29 is 4.79 Å². The van der Waals surface area contributed by atoms with E-state index in [-0.39, 0.29) is 18.0 Å². The van der Waals surface area contributed by atoms with Crippen LogP contribution in [0.3, 0.4) is 0 Å². The van der Waals surface area contributed by atoms with Crippen LogP contribution in [-0.2, 0) is 11.3 Å². The Bertz CT molecular complexity index is 393. The molecule has 1 aromatic heterocycles. The smallest absolute Gasteiger partial charge is 0.242 e. The van der Waals surface area contributed by atoms with Crippen molar-refractivity contribution in [3.05, 3.63) is 12.4 Å². The van der Waals surface area contributed by atoms with Gasteiger partial charge in [0.25, 0.3) is 0 Å². The molecule has 17 heavy (non-hydrogen) atoms. The molecule has 1 aliphatic rings. The van der Waals surface area contributed by atoms with Gasteiger partial charge in [0, 0.05) is 11.7 Å². The molecule has 1 amide bonds. The fourth-order valence-corrected chi connectivity index (χ4v) is 2.45. The number of hydrogen-bond acceptors (Lipinski definition) is 3. The molecule has 5 nitrogen and oxygen atoms in total. The normalized spacial score (nSPS) is 18.9. The molecule has 1 fully saturated rings. The van der Waals surface area contributed by atoms with E-state index < -0.39 is 0 Å². The van der Waals surface area contributed by atoms with Gasteiger partial charge in [-0.05, 0) is 19.8 Å².